The van der Waals surface area contributed by atoms with Gasteiger partial charge in [0.1, 0.15) is 0 Å². The lowest BCUT2D eigenvalue weighted by molar-refractivity contribution is -0.126. The molecule has 1 aromatic heterocycles. The molecule has 1 aliphatic carbocycles. The van der Waals surface area contributed by atoms with E-state index in [-0.39, 0.29) is 30.8 Å². The Kier molecular flexibility index (Phi) is 6.19. The second-order valence-corrected chi connectivity index (χ2v) is 5.87. The summed E-state index contributed by atoms with van der Waals surface area (Å²) in [5.41, 5.74) is 0. The SMILES string of the molecule is C[C@H]1CCCC[C@@H]1NC(=O)CNC(=O)CNC(=O)c1ccco1. The second kappa shape index (κ2) is 8.36. The fourth-order valence-corrected chi connectivity index (χ4v) is 2.69. The van der Waals surface area contributed by atoms with Gasteiger partial charge in [-0.2, -0.15) is 0 Å². The number of amides is 3. The summed E-state index contributed by atoms with van der Waals surface area (Å²) in [6.45, 7) is 1.85. The van der Waals surface area contributed by atoms with Crippen molar-refractivity contribution in [2.75, 3.05) is 13.1 Å². The standard InChI is InChI=1S/C16H23N3O4/c1-11-5-2-3-6-12(11)19-15(21)10-17-14(20)9-18-16(22)13-7-4-8-23-13/h4,7-8,11-12H,2-3,5-6,9-10H2,1H3,(H,17,20)(H,18,22)(H,19,21)/t11-,12-/m0/s1. The number of hydrogen-bond donors (Lipinski definition) is 3. The van der Waals surface area contributed by atoms with Gasteiger partial charge in [0.2, 0.25) is 11.8 Å². The third kappa shape index (κ3) is 5.43. The van der Waals surface area contributed by atoms with Crippen LogP contribution in [0.15, 0.2) is 22.8 Å². The van der Waals surface area contributed by atoms with Crippen LogP contribution in [0.25, 0.3) is 0 Å². The zero-order chi connectivity index (χ0) is 16.7. The molecular formula is C16H23N3O4. The molecule has 0 bridgehead atoms. The summed E-state index contributed by atoms with van der Waals surface area (Å²) < 4.78 is 4.91. The van der Waals surface area contributed by atoms with E-state index < -0.39 is 11.8 Å². The molecule has 2 atom stereocenters. The zero-order valence-corrected chi connectivity index (χ0v) is 13.3. The van der Waals surface area contributed by atoms with Gasteiger partial charge in [-0.3, -0.25) is 14.4 Å². The topological polar surface area (TPSA) is 100 Å². The van der Waals surface area contributed by atoms with Crippen molar-refractivity contribution in [3.63, 3.8) is 0 Å². The molecule has 1 fully saturated rings. The Morgan fingerprint density at radius 1 is 1.13 bits per heavy atom. The van der Waals surface area contributed by atoms with Gasteiger partial charge in [-0.1, -0.05) is 19.8 Å². The summed E-state index contributed by atoms with van der Waals surface area (Å²) >= 11 is 0. The summed E-state index contributed by atoms with van der Waals surface area (Å²) in [6.07, 6.45) is 5.82. The van der Waals surface area contributed by atoms with E-state index in [1.54, 1.807) is 6.07 Å². The van der Waals surface area contributed by atoms with Gasteiger partial charge in [-0.25, -0.2) is 0 Å². The van der Waals surface area contributed by atoms with Crippen molar-refractivity contribution in [2.45, 2.75) is 38.6 Å². The van der Waals surface area contributed by atoms with Crippen LogP contribution in [-0.2, 0) is 9.59 Å². The van der Waals surface area contributed by atoms with Gasteiger partial charge in [0.15, 0.2) is 5.76 Å². The van der Waals surface area contributed by atoms with Crippen molar-refractivity contribution < 1.29 is 18.8 Å². The third-order valence-electron chi connectivity index (χ3n) is 4.06. The molecule has 3 N–H and O–H groups in total. The first-order valence-electron chi connectivity index (χ1n) is 7.94. The van der Waals surface area contributed by atoms with Crippen LogP contribution in [0.3, 0.4) is 0 Å². The van der Waals surface area contributed by atoms with E-state index in [4.69, 9.17) is 4.42 Å². The lowest BCUT2D eigenvalue weighted by atomic mass is 9.86. The molecule has 0 aliphatic heterocycles. The van der Waals surface area contributed by atoms with Crippen molar-refractivity contribution in [3.8, 4) is 0 Å². The molecule has 1 aromatic rings. The maximum atomic E-state index is 11.9. The highest BCUT2D eigenvalue weighted by atomic mass is 16.3. The van der Waals surface area contributed by atoms with Crippen LogP contribution in [-0.4, -0.2) is 36.9 Å². The van der Waals surface area contributed by atoms with Crippen LogP contribution in [0.1, 0.15) is 43.2 Å². The van der Waals surface area contributed by atoms with E-state index in [9.17, 15) is 14.4 Å². The fourth-order valence-electron chi connectivity index (χ4n) is 2.69. The number of nitrogens with one attached hydrogen (secondary N) is 3. The first-order chi connectivity index (χ1) is 11.1. The van der Waals surface area contributed by atoms with E-state index in [1.807, 2.05) is 0 Å². The lowest BCUT2D eigenvalue weighted by Crippen LogP contribution is -2.47. The van der Waals surface area contributed by atoms with Crippen LogP contribution >= 0.6 is 0 Å². The maximum absolute atomic E-state index is 11.9. The van der Waals surface area contributed by atoms with E-state index in [1.165, 1.54) is 18.8 Å². The normalized spacial score (nSPS) is 20.6. The minimum Gasteiger partial charge on any atom is -0.459 e. The third-order valence-corrected chi connectivity index (χ3v) is 4.06. The Morgan fingerprint density at radius 3 is 2.57 bits per heavy atom. The quantitative estimate of drug-likeness (QED) is 0.722. The molecule has 7 nitrogen and oxygen atoms in total. The Bertz CT molecular complexity index is 542. The van der Waals surface area contributed by atoms with Gasteiger partial charge in [-0.05, 0) is 30.9 Å². The molecule has 1 aliphatic rings. The van der Waals surface area contributed by atoms with Crippen molar-refractivity contribution in [1.29, 1.82) is 0 Å². The molecule has 2 rings (SSSR count). The average molecular weight is 321 g/mol. The lowest BCUT2D eigenvalue weighted by Gasteiger charge is -2.29. The van der Waals surface area contributed by atoms with Gasteiger partial charge in [-0.15, -0.1) is 0 Å². The van der Waals surface area contributed by atoms with E-state index in [0.29, 0.717) is 5.92 Å². The van der Waals surface area contributed by atoms with Gasteiger partial charge in [0, 0.05) is 6.04 Å². The first-order valence-corrected chi connectivity index (χ1v) is 7.94. The van der Waals surface area contributed by atoms with Gasteiger partial charge < -0.3 is 20.4 Å². The van der Waals surface area contributed by atoms with Crippen LogP contribution < -0.4 is 16.0 Å². The monoisotopic (exact) mass is 321 g/mol. The van der Waals surface area contributed by atoms with Crippen LogP contribution in [0.2, 0.25) is 0 Å². The number of hydrogen-bond acceptors (Lipinski definition) is 4. The second-order valence-electron chi connectivity index (χ2n) is 5.87. The molecule has 1 saturated carbocycles. The Morgan fingerprint density at radius 2 is 1.87 bits per heavy atom. The first kappa shape index (κ1) is 17.1. The van der Waals surface area contributed by atoms with Crippen LogP contribution in [0, 0.1) is 5.92 Å². The number of carbonyl (C=O) groups excluding carboxylic acids is 3. The fraction of sp³-hybridized carbons (Fsp3) is 0.562. The van der Waals surface area contributed by atoms with Crippen molar-refractivity contribution in [1.82, 2.24) is 16.0 Å². The van der Waals surface area contributed by atoms with E-state index in [2.05, 4.69) is 22.9 Å². The summed E-state index contributed by atoms with van der Waals surface area (Å²) in [4.78, 5) is 35.1. The molecule has 0 radical (unpaired) electrons. The van der Waals surface area contributed by atoms with Crippen molar-refractivity contribution >= 4 is 17.7 Å². The Balaban J connectivity index is 1.63. The van der Waals surface area contributed by atoms with Crippen LogP contribution in [0.4, 0.5) is 0 Å². The number of furan rings is 1. The zero-order valence-electron chi connectivity index (χ0n) is 13.3. The van der Waals surface area contributed by atoms with Crippen molar-refractivity contribution in [3.05, 3.63) is 24.2 Å². The Hall–Kier alpha value is -2.31. The van der Waals surface area contributed by atoms with Crippen molar-refractivity contribution in [2.24, 2.45) is 5.92 Å². The maximum Gasteiger partial charge on any atom is 0.287 e. The highest BCUT2D eigenvalue weighted by molar-refractivity contribution is 5.94. The molecule has 23 heavy (non-hydrogen) atoms. The molecule has 3 amide bonds. The summed E-state index contributed by atoms with van der Waals surface area (Å²) in [6, 6.07) is 3.28. The molecule has 0 saturated heterocycles. The average Bonchev–Trinajstić information content (AvgIpc) is 3.07. The smallest absolute Gasteiger partial charge is 0.287 e. The highest BCUT2D eigenvalue weighted by Crippen LogP contribution is 2.23. The molecule has 7 heteroatoms. The van der Waals surface area contributed by atoms with E-state index in [0.717, 1.165) is 19.3 Å². The minimum absolute atomic E-state index is 0.0846. The summed E-state index contributed by atoms with van der Waals surface area (Å²) in [5.74, 6) is -0.477. The van der Waals surface area contributed by atoms with Gasteiger partial charge in [0.05, 0.1) is 19.4 Å². The summed E-state index contributed by atoms with van der Waals surface area (Å²) in [7, 11) is 0. The van der Waals surface area contributed by atoms with Gasteiger partial charge in [0.25, 0.3) is 5.91 Å². The predicted molar refractivity (Wildman–Crippen MR) is 83.6 cm³/mol. The predicted octanol–water partition coefficient (Wildman–Crippen LogP) is 0.821. The highest BCUT2D eigenvalue weighted by Gasteiger charge is 2.22. The largest absolute Gasteiger partial charge is 0.459 e. The number of carbonyl (C=O) groups is 3. The molecule has 1 heterocycles. The molecule has 126 valence electrons. The molecule has 0 spiro atoms. The van der Waals surface area contributed by atoms with Gasteiger partial charge >= 0.3 is 0 Å². The Labute approximate surface area is 135 Å². The molecular weight excluding hydrogens is 298 g/mol. The van der Waals surface area contributed by atoms with Crippen LogP contribution in [0.5, 0.6) is 0 Å². The summed E-state index contributed by atoms with van der Waals surface area (Å²) in [5, 5.41) is 7.87. The molecule has 0 unspecified atom stereocenters. The molecule has 0 aromatic carbocycles. The minimum atomic E-state index is -0.467. The van der Waals surface area contributed by atoms with E-state index >= 15 is 0 Å². The number of rotatable bonds is 6.